The number of carboxylic acids is 1. The molecule has 222 valence electrons. The van der Waals surface area contributed by atoms with E-state index in [4.69, 9.17) is 18.6 Å². The molecule has 1 N–H and O–H groups in total. The SMILES string of the molecule is COc1ccccc1[C@H](Cn1c(=O)n(C2(C(=O)O)CCCC2)c(=O)c2c(C)c(-c3ncco3)sc21)OC1CCOCC1. The topological polar surface area (TPSA) is 135 Å². The van der Waals surface area contributed by atoms with Crippen LogP contribution in [0, 0.1) is 6.92 Å². The van der Waals surface area contributed by atoms with Gasteiger partial charge >= 0.3 is 11.7 Å². The Bertz CT molecular complexity index is 1710. The first-order valence-corrected chi connectivity index (χ1v) is 15.0. The lowest BCUT2D eigenvalue weighted by molar-refractivity contribution is -0.147. The van der Waals surface area contributed by atoms with Crippen molar-refractivity contribution in [1.29, 1.82) is 0 Å². The average Bonchev–Trinajstić information content (AvgIpc) is 3.77. The number of thiophene rings is 1. The van der Waals surface area contributed by atoms with Crippen molar-refractivity contribution in [3.05, 3.63) is 68.7 Å². The van der Waals surface area contributed by atoms with Crippen LogP contribution >= 0.6 is 11.3 Å². The van der Waals surface area contributed by atoms with Gasteiger partial charge < -0.3 is 23.7 Å². The number of benzene rings is 1. The summed E-state index contributed by atoms with van der Waals surface area (Å²) in [5.41, 5.74) is -1.57. The Morgan fingerprint density at radius 2 is 1.95 bits per heavy atom. The normalized spacial score (nSPS) is 18.0. The monoisotopic (exact) mass is 595 g/mol. The van der Waals surface area contributed by atoms with Gasteiger partial charge in [0.1, 0.15) is 28.5 Å². The summed E-state index contributed by atoms with van der Waals surface area (Å²) in [6.45, 7) is 2.96. The minimum Gasteiger partial charge on any atom is -0.496 e. The summed E-state index contributed by atoms with van der Waals surface area (Å²) in [4.78, 5) is 46.7. The van der Waals surface area contributed by atoms with Gasteiger partial charge in [0.25, 0.3) is 5.56 Å². The van der Waals surface area contributed by atoms with E-state index in [2.05, 4.69) is 4.98 Å². The lowest BCUT2D eigenvalue weighted by Crippen LogP contribution is -2.54. The van der Waals surface area contributed by atoms with E-state index in [1.165, 1.54) is 28.4 Å². The fraction of sp³-hybridized carbons (Fsp3) is 0.467. The molecule has 0 spiro atoms. The van der Waals surface area contributed by atoms with Crippen LogP contribution in [0.25, 0.3) is 21.0 Å². The summed E-state index contributed by atoms with van der Waals surface area (Å²) in [6.07, 6.45) is 5.24. The van der Waals surface area contributed by atoms with E-state index in [1.807, 2.05) is 24.3 Å². The molecule has 6 rings (SSSR count). The Kier molecular flexibility index (Phi) is 7.77. The second-order valence-electron chi connectivity index (χ2n) is 10.8. The van der Waals surface area contributed by atoms with Crippen LogP contribution in [0.4, 0.5) is 0 Å². The Balaban J connectivity index is 1.60. The van der Waals surface area contributed by atoms with Gasteiger partial charge in [-0.2, -0.15) is 0 Å². The van der Waals surface area contributed by atoms with E-state index >= 15 is 0 Å². The molecule has 0 bridgehead atoms. The van der Waals surface area contributed by atoms with Gasteiger partial charge in [0, 0.05) is 18.8 Å². The highest BCUT2D eigenvalue weighted by molar-refractivity contribution is 7.22. The zero-order valence-electron chi connectivity index (χ0n) is 23.5. The molecule has 1 aliphatic heterocycles. The molecule has 0 amide bonds. The maximum absolute atomic E-state index is 14.4. The Hall–Kier alpha value is -3.74. The van der Waals surface area contributed by atoms with Crippen molar-refractivity contribution in [2.45, 2.75) is 69.7 Å². The number of aryl methyl sites for hydroxylation is 1. The van der Waals surface area contributed by atoms with Gasteiger partial charge in [0.05, 0.1) is 36.2 Å². The predicted octanol–water partition coefficient (Wildman–Crippen LogP) is 4.49. The summed E-state index contributed by atoms with van der Waals surface area (Å²) >= 11 is 1.23. The number of ether oxygens (including phenoxy) is 3. The van der Waals surface area contributed by atoms with Crippen LogP contribution < -0.4 is 16.0 Å². The average molecular weight is 596 g/mol. The van der Waals surface area contributed by atoms with E-state index in [0.717, 1.165) is 10.1 Å². The molecule has 11 nitrogen and oxygen atoms in total. The lowest BCUT2D eigenvalue weighted by atomic mass is 9.97. The molecule has 0 radical (unpaired) electrons. The molecule has 4 aromatic rings. The van der Waals surface area contributed by atoms with Gasteiger partial charge in [0.15, 0.2) is 0 Å². The molecule has 12 heteroatoms. The molecule has 42 heavy (non-hydrogen) atoms. The summed E-state index contributed by atoms with van der Waals surface area (Å²) in [6, 6.07) is 7.48. The van der Waals surface area contributed by atoms with Gasteiger partial charge in [-0.1, -0.05) is 31.0 Å². The standard InChI is InChI=1S/C30H33N3O8S/c1-18-23-26(34)33(30(28(35)36)11-5-6-12-30)29(37)32(27(23)42-24(18)25-31-13-16-40-25)17-22(41-19-9-14-39-15-10-19)20-7-3-4-8-21(20)38-2/h3-4,7-8,13,16,19,22H,5-6,9-12,14-15,17H2,1-2H3,(H,35,36)/t22-/m0/s1. The molecule has 1 saturated heterocycles. The van der Waals surface area contributed by atoms with Crippen molar-refractivity contribution in [3.63, 3.8) is 0 Å². The second-order valence-corrected chi connectivity index (χ2v) is 11.8. The fourth-order valence-corrected chi connectivity index (χ4v) is 7.52. The summed E-state index contributed by atoms with van der Waals surface area (Å²) < 4.78 is 25.9. The van der Waals surface area contributed by atoms with Crippen molar-refractivity contribution in [3.8, 4) is 16.5 Å². The summed E-state index contributed by atoms with van der Waals surface area (Å²) in [5.74, 6) is -0.245. The number of oxazole rings is 1. The number of aromatic nitrogens is 3. The van der Waals surface area contributed by atoms with Gasteiger partial charge in [-0.15, -0.1) is 11.3 Å². The number of methoxy groups -OCH3 is 1. The molecule has 1 aromatic carbocycles. The van der Waals surface area contributed by atoms with Crippen LogP contribution in [-0.2, 0) is 26.4 Å². The number of carboxylic acid groups (broad SMARTS) is 1. The first-order valence-electron chi connectivity index (χ1n) is 14.1. The number of aliphatic carboxylic acids is 1. The molecule has 1 saturated carbocycles. The largest absolute Gasteiger partial charge is 0.496 e. The van der Waals surface area contributed by atoms with E-state index in [1.54, 1.807) is 14.0 Å². The van der Waals surface area contributed by atoms with E-state index in [0.29, 0.717) is 65.8 Å². The molecule has 1 atom stereocenters. The summed E-state index contributed by atoms with van der Waals surface area (Å²) in [7, 11) is 1.58. The third-order valence-electron chi connectivity index (χ3n) is 8.46. The van der Waals surface area contributed by atoms with Gasteiger partial charge in [-0.25, -0.2) is 19.1 Å². The van der Waals surface area contributed by atoms with E-state index < -0.39 is 28.9 Å². The first-order chi connectivity index (χ1) is 20.4. The van der Waals surface area contributed by atoms with Gasteiger partial charge in [0.2, 0.25) is 5.89 Å². The van der Waals surface area contributed by atoms with Crippen LogP contribution in [0.1, 0.15) is 55.8 Å². The Labute approximate surface area is 245 Å². The number of rotatable bonds is 9. The molecule has 2 fully saturated rings. The highest BCUT2D eigenvalue weighted by atomic mass is 32.1. The molecule has 2 aliphatic rings. The number of fused-ring (bicyclic) bond motifs is 1. The van der Waals surface area contributed by atoms with Crippen molar-refractivity contribution >= 4 is 27.5 Å². The molecule has 0 unspecified atom stereocenters. The van der Waals surface area contributed by atoms with Crippen molar-refractivity contribution < 1.29 is 28.5 Å². The summed E-state index contributed by atoms with van der Waals surface area (Å²) in [5, 5.41) is 10.7. The molecular weight excluding hydrogens is 562 g/mol. The van der Waals surface area contributed by atoms with Crippen LogP contribution in [-0.4, -0.2) is 51.6 Å². The van der Waals surface area contributed by atoms with Crippen LogP contribution in [0.5, 0.6) is 5.75 Å². The maximum Gasteiger partial charge on any atom is 0.333 e. The van der Waals surface area contributed by atoms with E-state index in [-0.39, 0.29) is 30.9 Å². The van der Waals surface area contributed by atoms with Crippen LogP contribution in [0.2, 0.25) is 0 Å². The molecule has 4 heterocycles. The molecular formula is C30H33N3O8S. The lowest BCUT2D eigenvalue weighted by Gasteiger charge is -2.30. The van der Waals surface area contributed by atoms with E-state index in [9.17, 15) is 19.5 Å². The van der Waals surface area contributed by atoms with Crippen molar-refractivity contribution in [2.24, 2.45) is 0 Å². The smallest absolute Gasteiger partial charge is 0.333 e. The van der Waals surface area contributed by atoms with Gasteiger partial charge in [-0.05, 0) is 44.2 Å². The molecule has 1 aliphatic carbocycles. The van der Waals surface area contributed by atoms with Crippen LogP contribution in [0.3, 0.4) is 0 Å². The first kappa shape index (κ1) is 28.4. The predicted molar refractivity (Wildman–Crippen MR) is 155 cm³/mol. The molecule has 3 aromatic heterocycles. The number of para-hydroxylation sites is 1. The minimum atomic E-state index is -1.62. The highest BCUT2D eigenvalue weighted by Crippen LogP contribution is 2.40. The van der Waals surface area contributed by atoms with Crippen molar-refractivity contribution in [2.75, 3.05) is 20.3 Å². The van der Waals surface area contributed by atoms with Crippen molar-refractivity contribution in [1.82, 2.24) is 14.1 Å². The highest BCUT2D eigenvalue weighted by Gasteiger charge is 2.46. The minimum absolute atomic E-state index is 0.0357. The Morgan fingerprint density at radius 3 is 2.62 bits per heavy atom. The zero-order chi connectivity index (χ0) is 29.4. The number of hydrogen-bond acceptors (Lipinski definition) is 9. The fourth-order valence-electron chi connectivity index (χ4n) is 6.27. The van der Waals surface area contributed by atoms with Gasteiger partial charge in [-0.3, -0.25) is 9.36 Å². The third-order valence-corrected chi connectivity index (χ3v) is 9.76. The maximum atomic E-state index is 14.4. The zero-order valence-corrected chi connectivity index (χ0v) is 24.4. The quantitative estimate of drug-likeness (QED) is 0.297. The number of nitrogens with zero attached hydrogens (tertiary/aromatic N) is 3. The Morgan fingerprint density at radius 1 is 1.21 bits per heavy atom. The number of carbonyl (C=O) groups is 1. The second kappa shape index (κ2) is 11.5. The third kappa shape index (κ3) is 4.77. The number of hydrogen-bond donors (Lipinski definition) is 1. The van der Waals surface area contributed by atoms with Crippen LogP contribution in [0.15, 0.2) is 50.7 Å².